The Morgan fingerprint density at radius 3 is 2.88 bits per heavy atom. The Morgan fingerprint density at radius 2 is 2.20 bits per heavy atom. The summed E-state index contributed by atoms with van der Waals surface area (Å²) in [6.45, 7) is 7.79. The molecule has 1 aliphatic rings. The first kappa shape index (κ1) is 19.6. The van der Waals surface area contributed by atoms with Crippen molar-refractivity contribution >= 4 is 23.0 Å². The minimum Gasteiger partial charge on any atom is -0.370 e. The molecule has 7 nitrogen and oxygen atoms in total. The lowest BCUT2D eigenvalue weighted by atomic mass is 10.1. The molecule has 1 aromatic rings. The van der Waals surface area contributed by atoms with Crippen molar-refractivity contribution < 1.29 is 14.6 Å². The van der Waals surface area contributed by atoms with Crippen molar-refractivity contribution in [3.8, 4) is 0 Å². The molecule has 0 amide bonds. The summed E-state index contributed by atoms with van der Waals surface area (Å²) in [6, 6.07) is 6.66. The normalized spacial score (nSPS) is 16.2. The maximum absolute atomic E-state index is 10.9. The molecule has 25 heavy (non-hydrogen) atoms. The second-order valence-corrected chi connectivity index (χ2v) is 6.72. The average Bonchev–Trinajstić information content (AvgIpc) is 2.64. The molecule has 1 aliphatic heterocycles. The van der Waals surface area contributed by atoms with Gasteiger partial charge in [0.2, 0.25) is 0 Å². The van der Waals surface area contributed by atoms with Crippen LogP contribution in [0.5, 0.6) is 0 Å². The highest BCUT2D eigenvalue weighted by Crippen LogP contribution is 2.22. The van der Waals surface area contributed by atoms with Gasteiger partial charge >= 0.3 is 0 Å². The standard InChI is InChI=1S/C17H26N4O3S/c1-14(15-5-3-6-16(13-15)21(22)23)19(2)17(25)18-7-4-8-20-9-11-24-12-10-20/h3,5-6,13-14H,4,7-12H2,1-2H3,(H,18,25)/p+1/t14-/m1/s1. The Hall–Kier alpha value is -1.77. The quantitative estimate of drug-likeness (QED) is 0.321. The van der Waals surface area contributed by atoms with Crippen LogP contribution in [-0.4, -0.2) is 61.4 Å². The van der Waals surface area contributed by atoms with Crippen molar-refractivity contribution in [1.29, 1.82) is 0 Å². The van der Waals surface area contributed by atoms with Crippen LogP contribution in [0, 0.1) is 10.1 Å². The van der Waals surface area contributed by atoms with Gasteiger partial charge in [0.05, 0.1) is 30.7 Å². The van der Waals surface area contributed by atoms with E-state index in [1.54, 1.807) is 17.0 Å². The molecule has 0 radical (unpaired) electrons. The van der Waals surface area contributed by atoms with E-state index in [0.29, 0.717) is 5.11 Å². The predicted octanol–water partition coefficient (Wildman–Crippen LogP) is 0.767. The van der Waals surface area contributed by atoms with Gasteiger partial charge in [0.15, 0.2) is 5.11 Å². The number of nitrogens with zero attached hydrogens (tertiary/aromatic N) is 2. The molecule has 0 aromatic heterocycles. The first-order valence-electron chi connectivity index (χ1n) is 8.65. The fourth-order valence-corrected chi connectivity index (χ4v) is 3.13. The van der Waals surface area contributed by atoms with Crippen molar-refractivity contribution in [2.75, 3.05) is 46.4 Å². The molecule has 0 unspecified atom stereocenters. The Kier molecular flexibility index (Phi) is 7.54. The van der Waals surface area contributed by atoms with Crippen LogP contribution in [0.1, 0.15) is 24.9 Å². The highest BCUT2D eigenvalue weighted by Gasteiger charge is 2.17. The number of nitro benzene ring substituents is 1. The van der Waals surface area contributed by atoms with Gasteiger partial charge < -0.3 is 19.9 Å². The van der Waals surface area contributed by atoms with Gasteiger partial charge in [0.25, 0.3) is 5.69 Å². The van der Waals surface area contributed by atoms with Crippen molar-refractivity contribution in [2.24, 2.45) is 0 Å². The third kappa shape index (κ3) is 5.91. The van der Waals surface area contributed by atoms with E-state index in [1.165, 1.54) is 6.07 Å². The Bertz CT molecular complexity index is 593. The zero-order valence-electron chi connectivity index (χ0n) is 14.9. The molecule has 0 bridgehead atoms. The number of rotatable bonds is 7. The molecule has 138 valence electrons. The van der Waals surface area contributed by atoms with Gasteiger partial charge in [-0.3, -0.25) is 10.1 Å². The number of hydrogen-bond acceptors (Lipinski definition) is 4. The monoisotopic (exact) mass is 367 g/mol. The number of ether oxygens (including phenoxy) is 1. The van der Waals surface area contributed by atoms with Crippen molar-refractivity contribution in [2.45, 2.75) is 19.4 Å². The van der Waals surface area contributed by atoms with E-state index in [-0.39, 0.29) is 16.7 Å². The number of thiocarbonyl (C=S) groups is 1. The Labute approximate surface area is 154 Å². The molecule has 1 heterocycles. The zero-order chi connectivity index (χ0) is 18.2. The first-order valence-corrected chi connectivity index (χ1v) is 9.06. The van der Waals surface area contributed by atoms with E-state index in [1.807, 2.05) is 24.9 Å². The van der Waals surface area contributed by atoms with Crippen molar-refractivity contribution in [3.63, 3.8) is 0 Å². The summed E-state index contributed by atoms with van der Waals surface area (Å²) >= 11 is 5.46. The number of quaternary nitrogens is 1. The van der Waals surface area contributed by atoms with Crippen molar-refractivity contribution in [1.82, 2.24) is 10.2 Å². The van der Waals surface area contributed by atoms with Gasteiger partial charge in [-0.25, -0.2) is 0 Å². The van der Waals surface area contributed by atoms with Crippen LogP contribution in [-0.2, 0) is 4.74 Å². The summed E-state index contributed by atoms with van der Waals surface area (Å²) in [5.74, 6) is 0. The third-order valence-corrected chi connectivity index (χ3v) is 5.08. The lowest BCUT2D eigenvalue weighted by molar-refractivity contribution is -0.908. The topological polar surface area (TPSA) is 72.1 Å². The van der Waals surface area contributed by atoms with Crippen LogP contribution in [0.25, 0.3) is 0 Å². The molecular weight excluding hydrogens is 340 g/mol. The van der Waals surface area contributed by atoms with Crippen LogP contribution >= 0.6 is 12.2 Å². The molecule has 8 heteroatoms. The van der Waals surface area contributed by atoms with E-state index in [4.69, 9.17) is 17.0 Å². The average molecular weight is 367 g/mol. The lowest BCUT2D eigenvalue weighted by Gasteiger charge is -2.28. The van der Waals surface area contributed by atoms with Crippen LogP contribution in [0.3, 0.4) is 0 Å². The highest BCUT2D eigenvalue weighted by atomic mass is 32.1. The van der Waals surface area contributed by atoms with Crippen molar-refractivity contribution in [3.05, 3.63) is 39.9 Å². The summed E-state index contributed by atoms with van der Waals surface area (Å²) in [5.41, 5.74) is 0.976. The molecule has 2 N–H and O–H groups in total. The van der Waals surface area contributed by atoms with Crippen LogP contribution in [0.15, 0.2) is 24.3 Å². The van der Waals surface area contributed by atoms with Crippen LogP contribution in [0.4, 0.5) is 5.69 Å². The molecule has 1 fully saturated rings. The van der Waals surface area contributed by atoms with Gasteiger partial charge in [-0.05, 0) is 24.7 Å². The van der Waals surface area contributed by atoms with Crippen LogP contribution < -0.4 is 10.2 Å². The second kappa shape index (κ2) is 9.65. The van der Waals surface area contributed by atoms with E-state index in [2.05, 4.69) is 5.32 Å². The molecule has 2 rings (SSSR count). The number of benzene rings is 1. The zero-order valence-corrected chi connectivity index (χ0v) is 15.7. The number of hydrogen-bond donors (Lipinski definition) is 2. The number of non-ortho nitro benzene ring substituents is 1. The van der Waals surface area contributed by atoms with E-state index < -0.39 is 0 Å². The molecule has 1 saturated heterocycles. The minimum atomic E-state index is -0.374. The maximum atomic E-state index is 10.9. The Morgan fingerprint density at radius 1 is 1.48 bits per heavy atom. The molecule has 1 aromatic carbocycles. The summed E-state index contributed by atoms with van der Waals surface area (Å²) in [5, 5.41) is 14.9. The van der Waals surface area contributed by atoms with Gasteiger partial charge in [-0.1, -0.05) is 12.1 Å². The van der Waals surface area contributed by atoms with Gasteiger partial charge in [0.1, 0.15) is 13.1 Å². The summed E-state index contributed by atoms with van der Waals surface area (Å²) in [7, 11) is 1.91. The molecule has 0 aliphatic carbocycles. The highest BCUT2D eigenvalue weighted by molar-refractivity contribution is 7.80. The summed E-state index contributed by atoms with van der Waals surface area (Å²) in [6.07, 6.45) is 1.05. The predicted molar refractivity (Wildman–Crippen MR) is 101 cm³/mol. The molecular formula is C17H27N4O3S+. The Balaban J connectivity index is 1.78. The largest absolute Gasteiger partial charge is 0.370 e. The third-order valence-electron chi connectivity index (χ3n) is 4.65. The van der Waals surface area contributed by atoms with E-state index in [9.17, 15) is 10.1 Å². The molecule has 0 saturated carbocycles. The maximum Gasteiger partial charge on any atom is 0.269 e. The molecule has 1 atom stereocenters. The SMILES string of the molecule is C[C@H](c1cccc([N+](=O)[O-])c1)N(C)C(=S)NCCC[NH+]1CCOCC1. The fourth-order valence-electron chi connectivity index (χ4n) is 2.87. The smallest absolute Gasteiger partial charge is 0.269 e. The second-order valence-electron chi connectivity index (χ2n) is 6.34. The lowest BCUT2D eigenvalue weighted by Crippen LogP contribution is -3.14. The number of nitrogens with one attached hydrogen (secondary N) is 2. The minimum absolute atomic E-state index is 0.0373. The van der Waals surface area contributed by atoms with Gasteiger partial charge in [-0.15, -0.1) is 0 Å². The molecule has 0 spiro atoms. The fraction of sp³-hybridized carbons (Fsp3) is 0.588. The summed E-state index contributed by atoms with van der Waals surface area (Å²) < 4.78 is 5.36. The first-order chi connectivity index (χ1) is 12.0. The summed E-state index contributed by atoms with van der Waals surface area (Å²) in [4.78, 5) is 14.1. The van der Waals surface area contributed by atoms with Gasteiger partial charge in [0, 0.05) is 32.1 Å². The van der Waals surface area contributed by atoms with Crippen LogP contribution in [0.2, 0.25) is 0 Å². The van der Waals surface area contributed by atoms with E-state index >= 15 is 0 Å². The number of morpholine rings is 1. The number of nitro groups is 1. The van der Waals surface area contributed by atoms with Gasteiger partial charge in [-0.2, -0.15) is 0 Å². The van der Waals surface area contributed by atoms with E-state index in [0.717, 1.165) is 51.4 Å².